The zero-order valence-electron chi connectivity index (χ0n) is 49.0. The number of esters is 7. The molecule has 0 aromatic rings. The molecule has 0 aliphatic carbocycles. The van der Waals surface area contributed by atoms with E-state index < -0.39 is 207 Å². The lowest BCUT2D eigenvalue weighted by molar-refractivity contribution is -0.278. The molecule has 32 heteroatoms. The molecule has 6 amide bonds. The van der Waals surface area contributed by atoms with Crippen LogP contribution in [0.25, 0.3) is 0 Å². The lowest BCUT2D eigenvalue weighted by Crippen LogP contribution is -2.67. The number of carbonyl (C=O) groups excluding carboxylic acids is 13. The van der Waals surface area contributed by atoms with Crippen molar-refractivity contribution >= 4 is 77.2 Å². The Morgan fingerprint density at radius 3 is 1.46 bits per heavy atom. The molecule has 0 bridgehead atoms. The van der Waals surface area contributed by atoms with E-state index in [9.17, 15) is 62.6 Å². The maximum Gasteiger partial charge on any atom is 0.331 e. The smallest absolute Gasteiger partial charge is 0.331 e. The van der Waals surface area contributed by atoms with E-state index in [1.807, 2.05) is 0 Å². The standard InChI is InChI=1S/C52H79N7O25/c1-23(60)38(58-45(69)32-15-13-17-53-32)47(71)56-33(19-76-50-39(54-24(2)61)43(80-30(8)67)41(78-28(6)65)36(82-50)21-74-26(4)63)48(72)59-18-14-16-35(59)46(70)57-34(49(73)84-52(10,11)12)20-77-51-40(55-25(3)62)44(81-31(9)68)42(79-29(7)66)37(83-51)22-75-27(5)64/h23,32-44,50-51,53,60H,13-22H2,1-12H3,(H,54,61)(H,55,62)(H,56,71)(H,57,70)(H,58,69)/t23-,32+,33+,34+,35+,36-,37-,38+,39-,40-,41-,42-,43-,44-,50-,51-/m1/s1. The van der Waals surface area contributed by atoms with Gasteiger partial charge < -0.3 is 94.0 Å². The van der Waals surface area contributed by atoms with Gasteiger partial charge in [0.15, 0.2) is 43.0 Å². The van der Waals surface area contributed by atoms with Crippen LogP contribution in [-0.2, 0) is 114 Å². The molecule has 84 heavy (non-hydrogen) atoms. The molecule has 4 rings (SSSR count). The molecular weight excluding hydrogens is 1120 g/mol. The summed E-state index contributed by atoms with van der Waals surface area (Å²) < 4.78 is 62.4. The van der Waals surface area contributed by atoms with Crippen molar-refractivity contribution in [1.82, 2.24) is 36.8 Å². The van der Waals surface area contributed by atoms with Crippen molar-refractivity contribution in [3.8, 4) is 0 Å². The van der Waals surface area contributed by atoms with E-state index in [0.717, 1.165) is 60.3 Å². The van der Waals surface area contributed by atoms with Crippen molar-refractivity contribution in [2.45, 2.75) is 212 Å². The predicted octanol–water partition coefficient (Wildman–Crippen LogP) is -3.75. The van der Waals surface area contributed by atoms with Crippen LogP contribution >= 0.6 is 0 Å². The first-order valence-electron chi connectivity index (χ1n) is 27.2. The molecule has 0 radical (unpaired) electrons. The molecule has 472 valence electrons. The maximum atomic E-state index is 15.1. The van der Waals surface area contributed by atoms with Crippen molar-refractivity contribution < 1.29 is 120 Å². The zero-order valence-corrected chi connectivity index (χ0v) is 49.0. The summed E-state index contributed by atoms with van der Waals surface area (Å²) in [6, 6.07) is -10.5. The fourth-order valence-electron chi connectivity index (χ4n) is 9.56. The molecule has 0 spiro atoms. The fraction of sp³-hybridized carbons (Fsp3) is 0.750. The van der Waals surface area contributed by atoms with Gasteiger partial charge in [0.25, 0.3) is 0 Å². The summed E-state index contributed by atoms with van der Waals surface area (Å²) in [6.45, 7) is 11.6. The molecule has 16 atom stereocenters. The zero-order chi connectivity index (χ0) is 62.9. The minimum atomic E-state index is -1.87. The normalized spacial score (nSPS) is 27.1. The topological polar surface area (TPSA) is 419 Å². The van der Waals surface area contributed by atoms with Gasteiger partial charge in [0.1, 0.15) is 61.2 Å². The summed E-state index contributed by atoms with van der Waals surface area (Å²) in [5.41, 5.74) is -1.19. The van der Waals surface area contributed by atoms with Crippen molar-refractivity contribution in [3.63, 3.8) is 0 Å². The maximum absolute atomic E-state index is 15.1. The molecule has 4 fully saturated rings. The van der Waals surface area contributed by atoms with E-state index in [1.165, 1.54) is 27.7 Å². The highest BCUT2D eigenvalue weighted by Crippen LogP contribution is 2.31. The van der Waals surface area contributed by atoms with Gasteiger partial charge in [0.2, 0.25) is 35.4 Å². The van der Waals surface area contributed by atoms with Gasteiger partial charge in [-0.2, -0.15) is 0 Å². The van der Waals surface area contributed by atoms with Crippen LogP contribution in [0.3, 0.4) is 0 Å². The molecule has 4 aliphatic heterocycles. The third-order valence-corrected chi connectivity index (χ3v) is 12.9. The highest BCUT2D eigenvalue weighted by atomic mass is 16.7. The van der Waals surface area contributed by atoms with E-state index in [1.54, 1.807) is 0 Å². The van der Waals surface area contributed by atoms with Crippen LogP contribution in [0.1, 0.15) is 109 Å². The van der Waals surface area contributed by atoms with Crippen LogP contribution in [0.15, 0.2) is 0 Å². The predicted molar refractivity (Wildman–Crippen MR) is 279 cm³/mol. The number of hydrogen-bond donors (Lipinski definition) is 7. The highest BCUT2D eigenvalue weighted by Gasteiger charge is 2.54. The monoisotopic (exact) mass is 1200 g/mol. The van der Waals surface area contributed by atoms with Gasteiger partial charge >= 0.3 is 41.8 Å². The summed E-state index contributed by atoms with van der Waals surface area (Å²) in [6.07, 6.45) is -13.0. The Hall–Kier alpha value is -7.13. The van der Waals surface area contributed by atoms with Gasteiger partial charge in [-0.3, -0.25) is 57.5 Å². The largest absolute Gasteiger partial charge is 0.463 e. The summed E-state index contributed by atoms with van der Waals surface area (Å²) in [4.78, 5) is 172. The Bertz CT molecular complexity index is 2410. The molecule has 0 unspecified atom stereocenters. The molecule has 0 aromatic heterocycles. The van der Waals surface area contributed by atoms with E-state index in [-0.39, 0.29) is 19.4 Å². The number of aliphatic hydroxyl groups is 1. The van der Waals surface area contributed by atoms with E-state index in [2.05, 4.69) is 31.9 Å². The van der Waals surface area contributed by atoms with Crippen LogP contribution in [0.2, 0.25) is 0 Å². The number of nitrogens with zero attached hydrogens (tertiary/aromatic N) is 1. The summed E-state index contributed by atoms with van der Waals surface area (Å²) >= 11 is 0. The molecule has 7 N–H and O–H groups in total. The Morgan fingerprint density at radius 1 is 0.595 bits per heavy atom. The van der Waals surface area contributed by atoms with Gasteiger partial charge in [-0.25, -0.2) is 4.79 Å². The van der Waals surface area contributed by atoms with Crippen molar-refractivity contribution in [2.75, 3.05) is 39.5 Å². The van der Waals surface area contributed by atoms with Crippen LogP contribution in [0, 0.1) is 0 Å². The van der Waals surface area contributed by atoms with Crippen LogP contribution in [0.4, 0.5) is 0 Å². The minimum absolute atomic E-state index is 0.0622. The molecule has 4 saturated heterocycles. The average Bonchev–Trinajstić information content (AvgIpc) is 2.08. The second-order valence-electron chi connectivity index (χ2n) is 21.3. The number of aliphatic hydroxyl groups excluding tert-OH is 1. The lowest BCUT2D eigenvalue weighted by atomic mass is 9.96. The first kappa shape index (κ1) is 69.4. The molecule has 0 aromatic carbocycles. The van der Waals surface area contributed by atoms with Crippen molar-refractivity contribution in [3.05, 3.63) is 0 Å². The molecule has 0 saturated carbocycles. The number of hydrogen-bond acceptors (Lipinski definition) is 26. The van der Waals surface area contributed by atoms with Gasteiger partial charge in [-0.1, -0.05) is 0 Å². The van der Waals surface area contributed by atoms with Crippen LogP contribution in [0.5, 0.6) is 0 Å². The highest BCUT2D eigenvalue weighted by molar-refractivity contribution is 5.96. The second-order valence-corrected chi connectivity index (χ2v) is 21.3. The summed E-state index contributed by atoms with van der Waals surface area (Å²) in [7, 11) is 0. The summed E-state index contributed by atoms with van der Waals surface area (Å²) in [5, 5.41) is 26.4. The third kappa shape index (κ3) is 21.2. The number of amides is 6. The van der Waals surface area contributed by atoms with Crippen LogP contribution < -0.4 is 31.9 Å². The Labute approximate surface area is 484 Å². The minimum Gasteiger partial charge on any atom is -0.463 e. The number of nitrogens with one attached hydrogen (secondary N) is 6. The van der Waals surface area contributed by atoms with Crippen molar-refractivity contribution in [2.24, 2.45) is 0 Å². The third-order valence-electron chi connectivity index (χ3n) is 12.9. The van der Waals surface area contributed by atoms with Gasteiger partial charge in [0.05, 0.1) is 25.4 Å². The van der Waals surface area contributed by atoms with Crippen LogP contribution in [-0.4, -0.2) is 230 Å². The lowest BCUT2D eigenvalue weighted by Gasteiger charge is -2.45. The quantitative estimate of drug-likeness (QED) is 0.0341. The van der Waals surface area contributed by atoms with E-state index >= 15 is 4.79 Å². The molecule has 32 nitrogen and oxygen atoms in total. The van der Waals surface area contributed by atoms with E-state index in [4.69, 9.17) is 52.1 Å². The summed E-state index contributed by atoms with van der Waals surface area (Å²) in [5.74, 6) is -11.5. The molecule has 4 aliphatic rings. The Balaban J connectivity index is 1.75. The first-order valence-corrected chi connectivity index (χ1v) is 27.2. The van der Waals surface area contributed by atoms with E-state index in [0.29, 0.717) is 19.4 Å². The van der Waals surface area contributed by atoms with Gasteiger partial charge in [-0.05, 0) is 59.9 Å². The molecular formula is C52H79N7O25. The Morgan fingerprint density at radius 2 is 1.06 bits per heavy atom. The average molecular weight is 1200 g/mol. The van der Waals surface area contributed by atoms with Gasteiger partial charge in [0, 0.05) is 61.9 Å². The number of rotatable bonds is 25. The van der Waals surface area contributed by atoms with Gasteiger partial charge in [-0.15, -0.1) is 0 Å². The SMILES string of the molecule is CC(=O)N[C@H]1[C@H](OC[C@H](NC(=O)[C@@H]2CCCN2C(=O)[C@H](CO[C@@H]2O[C@H](COC(C)=O)[C@@H](OC(C)=O)[C@H](OC(C)=O)[C@H]2NC(C)=O)NC(=O)[C@@H](NC(=O)[C@@H]2CCCN2)[C@@H](C)O)C(=O)OC(C)(C)C)O[C@H](COC(C)=O)[C@@H](OC(C)=O)[C@@H]1OC(C)=O. The fourth-order valence-corrected chi connectivity index (χ4v) is 9.56. The Kier molecular flexibility index (Phi) is 26.2. The second kappa shape index (κ2) is 31.7. The van der Waals surface area contributed by atoms with Crippen molar-refractivity contribution in [1.29, 1.82) is 0 Å². The first-order chi connectivity index (χ1) is 39.3. The number of likely N-dealkylation sites (tertiary alicyclic amines) is 1. The number of carbonyl (C=O) groups is 13. The molecule has 4 heterocycles. The number of ether oxygens (including phenoxy) is 11.